The summed E-state index contributed by atoms with van der Waals surface area (Å²) in [6.07, 6.45) is 0.590. The van der Waals surface area contributed by atoms with Crippen LogP contribution in [0, 0.1) is 6.92 Å². The Bertz CT molecular complexity index is 891. The molecule has 2 aromatic rings. The maximum absolute atomic E-state index is 12.8. The first-order valence-corrected chi connectivity index (χ1v) is 10.7. The molecular weight excluding hydrogens is 398 g/mol. The number of methoxy groups -OCH3 is 1. The van der Waals surface area contributed by atoms with Crippen LogP contribution in [0.4, 0.5) is 11.4 Å². The summed E-state index contributed by atoms with van der Waals surface area (Å²) in [4.78, 5) is 30.1. The van der Waals surface area contributed by atoms with E-state index in [1.807, 2.05) is 30.8 Å². The van der Waals surface area contributed by atoms with Crippen LogP contribution < -0.4 is 10.2 Å². The largest absolute Gasteiger partial charge is 0.465 e. The van der Waals surface area contributed by atoms with E-state index in [0.29, 0.717) is 39.6 Å². The summed E-state index contributed by atoms with van der Waals surface area (Å²) >= 11 is 8.41. The fraction of sp³-hybridized carbons (Fsp3) is 0.400. The maximum Gasteiger partial charge on any atom is 0.339 e. The zero-order chi connectivity index (χ0) is 20.3. The molecule has 1 aromatic carbocycles. The van der Waals surface area contributed by atoms with Gasteiger partial charge in [0, 0.05) is 36.0 Å². The third-order valence-corrected chi connectivity index (χ3v) is 6.10. The molecular formula is C20H24ClN3O3S. The minimum atomic E-state index is -0.447. The Balaban J connectivity index is 1.80. The quantitative estimate of drug-likeness (QED) is 0.710. The van der Waals surface area contributed by atoms with Gasteiger partial charge in [-0.15, -0.1) is 0 Å². The van der Waals surface area contributed by atoms with Crippen molar-refractivity contribution >= 4 is 46.6 Å². The molecule has 0 spiro atoms. The molecule has 1 aliphatic heterocycles. The van der Waals surface area contributed by atoms with Crippen LogP contribution in [0.3, 0.4) is 0 Å². The van der Waals surface area contributed by atoms with Gasteiger partial charge in [0.1, 0.15) is 5.69 Å². The standard InChI is InChI=1S/C20H24ClN3O3S/c1-4-15-17(20(26)27-3)12(2)18(23-15)19(25)22-13-5-6-16(14(21)11-13)24-7-9-28-10-8-24/h5-6,11,23H,4,7-10H2,1-3H3,(H,22,25). The van der Waals surface area contributed by atoms with Gasteiger partial charge in [-0.3, -0.25) is 4.79 Å². The number of H-pyrrole nitrogens is 1. The Morgan fingerprint density at radius 2 is 2.04 bits per heavy atom. The molecule has 0 unspecified atom stereocenters. The first-order chi connectivity index (χ1) is 13.5. The lowest BCUT2D eigenvalue weighted by molar-refractivity contribution is 0.0599. The Labute approximate surface area is 174 Å². The average molecular weight is 422 g/mol. The third-order valence-electron chi connectivity index (χ3n) is 4.86. The topological polar surface area (TPSA) is 74.4 Å². The zero-order valence-corrected chi connectivity index (χ0v) is 17.8. The van der Waals surface area contributed by atoms with E-state index in [4.69, 9.17) is 16.3 Å². The highest BCUT2D eigenvalue weighted by atomic mass is 35.5. The smallest absolute Gasteiger partial charge is 0.339 e. The number of anilines is 2. The second-order valence-electron chi connectivity index (χ2n) is 6.54. The average Bonchev–Trinajstić information content (AvgIpc) is 3.04. The van der Waals surface area contributed by atoms with E-state index in [9.17, 15) is 9.59 Å². The summed E-state index contributed by atoms with van der Waals surface area (Å²) in [5.41, 5.74) is 3.63. The van der Waals surface area contributed by atoms with Crippen LogP contribution in [0.5, 0.6) is 0 Å². The van der Waals surface area contributed by atoms with Crippen LogP contribution in [0.1, 0.15) is 39.0 Å². The van der Waals surface area contributed by atoms with Crippen molar-refractivity contribution in [2.45, 2.75) is 20.3 Å². The van der Waals surface area contributed by atoms with Crippen LogP contribution in [-0.4, -0.2) is 48.6 Å². The molecule has 0 bridgehead atoms. The Kier molecular flexibility index (Phi) is 6.57. The fourth-order valence-corrected chi connectivity index (χ4v) is 4.57. The van der Waals surface area contributed by atoms with Crippen molar-refractivity contribution in [2.24, 2.45) is 0 Å². The molecule has 2 heterocycles. The van der Waals surface area contributed by atoms with E-state index in [1.165, 1.54) is 7.11 Å². The van der Waals surface area contributed by atoms with Crippen molar-refractivity contribution in [2.75, 3.05) is 41.9 Å². The molecule has 1 aromatic heterocycles. The molecule has 0 saturated carbocycles. The number of thioether (sulfide) groups is 1. The van der Waals surface area contributed by atoms with Gasteiger partial charge >= 0.3 is 5.97 Å². The number of nitrogens with zero attached hydrogens (tertiary/aromatic N) is 1. The normalized spacial score (nSPS) is 14.1. The molecule has 1 fully saturated rings. The molecule has 2 N–H and O–H groups in total. The zero-order valence-electron chi connectivity index (χ0n) is 16.2. The number of aromatic nitrogens is 1. The molecule has 6 nitrogen and oxygen atoms in total. The van der Waals surface area contributed by atoms with Crippen LogP contribution in [0.25, 0.3) is 0 Å². The Hall–Kier alpha value is -2.12. The predicted octanol–water partition coefficient (Wildman–Crippen LogP) is 4.13. The Morgan fingerprint density at radius 1 is 1.32 bits per heavy atom. The number of benzene rings is 1. The minimum Gasteiger partial charge on any atom is -0.465 e. The lowest BCUT2D eigenvalue weighted by Crippen LogP contribution is -2.32. The minimum absolute atomic E-state index is 0.319. The number of hydrogen-bond donors (Lipinski definition) is 2. The molecule has 28 heavy (non-hydrogen) atoms. The highest BCUT2D eigenvalue weighted by Gasteiger charge is 2.24. The van der Waals surface area contributed by atoms with Crippen molar-refractivity contribution in [3.8, 4) is 0 Å². The van der Waals surface area contributed by atoms with Crippen LogP contribution in [0.15, 0.2) is 18.2 Å². The van der Waals surface area contributed by atoms with Crippen LogP contribution in [0.2, 0.25) is 5.02 Å². The number of hydrogen-bond acceptors (Lipinski definition) is 5. The first kappa shape index (κ1) is 20.6. The summed E-state index contributed by atoms with van der Waals surface area (Å²) in [6, 6.07) is 5.55. The second-order valence-corrected chi connectivity index (χ2v) is 8.18. The van der Waals surface area contributed by atoms with Crippen molar-refractivity contribution < 1.29 is 14.3 Å². The Morgan fingerprint density at radius 3 is 2.64 bits per heavy atom. The van der Waals surface area contributed by atoms with Gasteiger partial charge in [0.15, 0.2) is 0 Å². The van der Waals surface area contributed by atoms with E-state index < -0.39 is 5.97 Å². The number of esters is 1. The second kappa shape index (κ2) is 8.92. The van der Waals surface area contributed by atoms with Gasteiger partial charge in [-0.1, -0.05) is 18.5 Å². The number of aryl methyl sites for hydroxylation is 1. The number of amides is 1. The number of nitrogens with one attached hydrogen (secondary N) is 2. The molecule has 1 amide bonds. The van der Waals surface area contributed by atoms with Gasteiger partial charge in [-0.05, 0) is 37.1 Å². The molecule has 150 valence electrons. The lowest BCUT2D eigenvalue weighted by atomic mass is 10.1. The van der Waals surface area contributed by atoms with Crippen molar-refractivity contribution in [3.05, 3.63) is 45.7 Å². The van der Waals surface area contributed by atoms with Gasteiger partial charge in [0.25, 0.3) is 5.91 Å². The van der Waals surface area contributed by atoms with Crippen LogP contribution in [-0.2, 0) is 11.2 Å². The van der Waals surface area contributed by atoms with Gasteiger partial charge in [0.2, 0.25) is 0 Å². The third kappa shape index (κ3) is 4.15. The number of carbonyl (C=O) groups excluding carboxylic acids is 2. The van der Waals surface area contributed by atoms with E-state index in [0.717, 1.165) is 30.3 Å². The monoisotopic (exact) mass is 421 g/mol. The van der Waals surface area contributed by atoms with Crippen molar-refractivity contribution in [1.29, 1.82) is 0 Å². The van der Waals surface area contributed by atoms with Gasteiger partial charge in [0.05, 0.1) is 23.4 Å². The molecule has 1 saturated heterocycles. The van der Waals surface area contributed by atoms with E-state index >= 15 is 0 Å². The molecule has 3 rings (SSSR count). The highest BCUT2D eigenvalue weighted by molar-refractivity contribution is 7.99. The summed E-state index contributed by atoms with van der Waals surface area (Å²) in [5.74, 6) is 1.41. The predicted molar refractivity (Wildman–Crippen MR) is 115 cm³/mol. The molecule has 1 aliphatic rings. The molecule has 0 radical (unpaired) electrons. The molecule has 0 aliphatic carbocycles. The van der Waals surface area contributed by atoms with E-state index in [2.05, 4.69) is 15.2 Å². The van der Waals surface area contributed by atoms with Gasteiger partial charge < -0.3 is 19.9 Å². The highest BCUT2D eigenvalue weighted by Crippen LogP contribution is 2.31. The summed E-state index contributed by atoms with van der Waals surface area (Å²) < 4.78 is 4.84. The van der Waals surface area contributed by atoms with E-state index in [1.54, 1.807) is 13.0 Å². The summed E-state index contributed by atoms with van der Waals surface area (Å²) in [6.45, 7) is 5.58. The maximum atomic E-state index is 12.8. The van der Waals surface area contributed by atoms with Crippen LogP contribution >= 0.6 is 23.4 Å². The van der Waals surface area contributed by atoms with Gasteiger partial charge in [-0.2, -0.15) is 11.8 Å². The van der Waals surface area contributed by atoms with E-state index in [-0.39, 0.29) is 5.91 Å². The van der Waals surface area contributed by atoms with Crippen molar-refractivity contribution in [1.82, 2.24) is 4.98 Å². The molecule has 8 heteroatoms. The summed E-state index contributed by atoms with van der Waals surface area (Å²) in [5, 5.41) is 3.47. The number of aromatic amines is 1. The number of rotatable bonds is 5. The number of halogens is 1. The number of ether oxygens (including phenoxy) is 1. The SMILES string of the molecule is CCc1[nH]c(C(=O)Nc2ccc(N3CCSCC3)c(Cl)c2)c(C)c1C(=O)OC. The lowest BCUT2D eigenvalue weighted by Gasteiger charge is -2.29. The fourth-order valence-electron chi connectivity index (χ4n) is 3.37. The summed E-state index contributed by atoms with van der Waals surface area (Å²) in [7, 11) is 1.33. The molecule has 0 atom stereocenters. The number of carbonyl (C=O) groups is 2. The van der Waals surface area contributed by atoms with Gasteiger partial charge in [-0.25, -0.2) is 4.79 Å². The first-order valence-electron chi connectivity index (χ1n) is 9.19. The van der Waals surface area contributed by atoms with Crippen molar-refractivity contribution in [3.63, 3.8) is 0 Å².